The zero-order valence-corrected chi connectivity index (χ0v) is 16.9. The van der Waals surface area contributed by atoms with Gasteiger partial charge >= 0.3 is 0 Å². The first-order valence-electron chi connectivity index (χ1n) is 10.4. The highest BCUT2D eigenvalue weighted by molar-refractivity contribution is 5.82. The molecule has 0 saturated carbocycles. The van der Waals surface area contributed by atoms with Gasteiger partial charge in [0.2, 0.25) is 11.8 Å². The highest BCUT2D eigenvalue weighted by Crippen LogP contribution is 2.25. The van der Waals surface area contributed by atoms with E-state index in [4.69, 9.17) is 4.74 Å². The summed E-state index contributed by atoms with van der Waals surface area (Å²) in [5.74, 6) is 1.87. The van der Waals surface area contributed by atoms with Gasteiger partial charge in [0.05, 0.1) is 12.5 Å². The molecule has 1 aromatic heterocycles. The molecule has 0 bridgehead atoms. The van der Waals surface area contributed by atoms with Gasteiger partial charge in [-0.05, 0) is 43.4 Å². The van der Waals surface area contributed by atoms with Crippen molar-refractivity contribution in [2.75, 3.05) is 19.7 Å². The topological polar surface area (TPSA) is 76.5 Å². The quantitative estimate of drug-likeness (QED) is 0.811. The van der Waals surface area contributed by atoms with Crippen molar-refractivity contribution < 1.29 is 14.3 Å². The molecule has 0 spiro atoms. The van der Waals surface area contributed by atoms with E-state index < -0.39 is 0 Å². The van der Waals surface area contributed by atoms with Crippen molar-refractivity contribution in [3.8, 4) is 5.75 Å². The first kappa shape index (κ1) is 19.5. The third kappa shape index (κ3) is 4.60. The van der Waals surface area contributed by atoms with E-state index in [2.05, 4.69) is 16.4 Å². The maximum absolute atomic E-state index is 12.6. The average Bonchev–Trinajstić information content (AvgIpc) is 3.39. The lowest BCUT2D eigenvalue weighted by Crippen LogP contribution is -2.34. The predicted octanol–water partition coefficient (Wildman–Crippen LogP) is 2.07. The molecule has 7 nitrogen and oxygen atoms in total. The number of nitrogens with zero attached hydrogens (tertiary/aromatic N) is 3. The number of imidazole rings is 1. The third-order valence-corrected chi connectivity index (χ3v) is 5.84. The number of ether oxygens (including phenoxy) is 1. The maximum atomic E-state index is 12.6. The lowest BCUT2D eigenvalue weighted by molar-refractivity contribution is -0.131. The zero-order chi connectivity index (χ0) is 20.2. The van der Waals surface area contributed by atoms with Crippen molar-refractivity contribution in [3.63, 3.8) is 0 Å². The minimum Gasteiger partial charge on any atom is -0.493 e. The Hall–Kier alpha value is -2.83. The Labute approximate surface area is 171 Å². The van der Waals surface area contributed by atoms with Crippen molar-refractivity contribution in [2.24, 2.45) is 5.92 Å². The molecule has 29 heavy (non-hydrogen) atoms. The van der Waals surface area contributed by atoms with Gasteiger partial charge in [-0.15, -0.1) is 0 Å². The minimum atomic E-state index is -0.130. The highest BCUT2D eigenvalue weighted by Gasteiger charge is 2.30. The van der Waals surface area contributed by atoms with Gasteiger partial charge in [0.25, 0.3) is 0 Å². The molecule has 2 aromatic rings. The summed E-state index contributed by atoms with van der Waals surface area (Å²) < 4.78 is 7.61. The first-order valence-corrected chi connectivity index (χ1v) is 10.4. The van der Waals surface area contributed by atoms with E-state index in [-0.39, 0.29) is 17.7 Å². The fourth-order valence-corrected chi connectivity index (χ4v) is 4.07. The molecule has 1 saturated heterocycles. The Morgan fingerprint density at radius 1 is 1.34 bits per heavy atom. The van der Waals surface area contributed by atoms with E-state index in [9.17, 15) is 9.59 Å². The second-order valence-electron chi connectivity index (χ2n) is 7.86. The van der Waals surface area contributed by atoms with Crippen LogP contribution in [0.25, 0.3) is 0 Å². The zero-order valence-electron chi connectivity index (χ0n) is 16.9. The number of carbonyl (C=O) groups excluding carboxylic acids is 2. The molecular weight excluding hydrogens is 368 g/mol. The van der Waals surface area contributed by atoms with Gasteiger partial charge in [-0.2, -0.15) is 0 Å². The van der Waals surface area contributed by atoms with Crippen molar-refractivity contribution >= 4 is 11.8 Å². The van der Waals surface area contributed by atoms with E-state index in [0.717, 1.165) is 43.0 Å². The number of rotatable bonds is 6. The van der Waals surface area contributed by atoms with Gasteiger partial charge in [0.15, 0.2) is 0 Å². The molecule has 7 heteroatoms. The number of aromatic nitrogens is 2. The summed E-state index contributed by atoms with van der Waals surface area (Å²) in [6.07, 6.45) is 6.84. The van der Waals surface area contributed by atoms with Crippen LogP contribution in [0.15, 0.2) is 30.6 Å². The fourth-order valence-electron chi connectivity index (χ4n) is 4.07. The standard InChI is InChI=1S/C22H28N4O3/c1-16-23-8-11-25(16)10-7-21(27)26-9-6-19(15-26)22(28)24-14-17-4-5-20-18(13-17)3-2-12-29-20/h4-5,8,11,13,19H,2-3,6-7,9-10,12,14-15H2,1H3,(H,24,28). The van der Waals surface area contributed by atoms with E-state index in [1.807, 2.05) is 34.7 Å². The van der Waals surface area contributed by atoms with Crippen LogP contribution in [0, 0.1) is 12.8 Å². The number of amides is 2. The van der Waals surface area contributed by atoms with E-state index >= 15 is 0 Å². The number of hydrogen-bond acceptors (Lipinski definition) is 4. The Morgan fingerprint density at radius 3 is 3.07 bits per heavy atom. The Kier molecular flexibility index (Phi) is 5.83. The van der Waals surface area contributed by atoms with Crippen LogP contribution in [0.4, 0.5) is 0 Å². The van der Waals surface area contributed by atoms with Crippen LogP contribution in [-0.2, 0) is 29.1 Å². The van der Waals surface area contributed by atoms with Gasteiger partial charge in [-0.25, -0.2) is 4.98 Å². The summed E-state index contributed by atoms with van der Waals surface area (Å²) >= 11 is 0. The van der Waals surface area contributed by atoms with Crippen LogP contribution in [0.2, 0.25) is 0 Å². The first-order chi connectivity index (χ1) is 14.1. The summed E-state index contributed by atoms with van der Waals surface area (Å²) in [5, 5.41) is 3.04. The molecule has 0 radical (unpaired) electrons. The Balaban J connectivity index is 1.24. The van der Waals surface area contributed by atoms with Crippen LogP contribution < -0.4 is 10.1 Å². The smallest absolute Gasteiger partial charge is 0.225 e. The average molecular weight is 396 g/mol. The summed E-state index contributed by atoms with van der Waals surface area (Å²) in [6, 6.07) is 6.12. The van der Waals surface area contributed by atoms with Crippen LogP contribution >= 0.6 is 0 Å². The molecule has 1 unspecified atom stereocenters. The van der Waals surface area contributed by atoms with E-state index in [0.29, 0.717) is 32.6 Å². The molecule has 1 fully saturated rings. The van der Waals surface area contributed by atoms with E-state index in [1.54, 1.807) is 6.20 Å². The minimum absolute atomic E-state index is 0.0275. The maximum Gasteiger partial charge on any atom is 0.225 e. The second kappa shape index (κ2) is 8.68. The number of aryl methyl sites for hydroxylation is 3. The largest absolute Gasteiger partial charge is 0.493 e. The lowest BCUT2D eigenvalue weighted by atomic mass is 10.0. The lowest BCUT2D eigenvalue weighted by Gasteiger charge is -2.18. The van der Waals surface area contributed by atoms with Crippen LogP contribution in [0.1, 0.15) is 36.2 Å². The number of likely N-dealkylation sites (tertiary alicyclic amines) is 1. The van der Waals surface area contributed by atoms with Gasteiger partial charge in [-0.1, -0.05) is 12.1 Å². The number of benzene rings is 1. The third-order valence-electron chi connectivity index (χ3n) is 5.84. The molecule has 154 valence electrons. The molecule has 1 atom stereocenters. The van der Waals surface area contributed by atoms with Gasteiger partial charge in [-0.3, -0.25) is 9.59 Å². The molecule has 1 N–H and O–H groups in total. The molecule has 3 heterocycles. The molecule has 2 aliphatic heterocycles. The number of carbonyl (C=O) groups is 2. The molecule has 2 aliphatic rings. The van der Waals surface area contributed by atoms with Crippen molar-refractivity contribution in [2.45, 2.75) is 45.7 Å². The number of hydrogen-bond donors (Lipinski definition) is 1. The normalized spacial score (nSPS) is 18.2. The van der Waals surface area contributed by atoms with Crippen LogP contribution in [0.5, 0.6) is 5.75 Å². The molecule has 0 aliphatic carbocycles. The highest BCUT2D eigenvalue weighted by atomic mass is 16.5. The summed E-state index contributed by atoms with van der Waals surface area (Å²) in [4.78, 5) is 31.0. The van der Waals surface area contributed by atoms with Crippen molar-refractivity contribution in [1.29, 1.82) is 0 Å². The number of nitrogens with one attached hydrogen (secondary N) is 1. The summed E-state index contributed by atoms with van der Waals surface area (Å²) in [7, 11) is 0. The molecular formula is C22H28N4O3. The second-order valence-corrected chi connectivity index (χ2v) is 7.86. The fraction of sp³-hybridized carbons (Fsp3) is 0.500. The van der Waals surface area contributed by atoms with E-state index in [1.165, 1.54) is 5.56 Å². The monoisotopic (exact) mass is 396 g/mol. The summed E-state index contributed by atoms with van der Waals surface area (Å²) in [5.41, 5.74) is 2.30. The molecule has 2 amide bonds. The summed E-state index contributed by atoms with van der Waals surface area (Å²) in [6.45, 7) is 5.00. The SMILES string of the molecule is Cc1nccn1CCC(=O)N1CCC(C(=O)NCc2ccc3c(c2)CCCO3)C1. The van der Waals surface area contributed by atoms with Gasteiger partial charge in [0.1, 0.15) is 11.6 Å². The van der Waals surface area contributed by atoms with Crippen LogP contribution in [0.3, 0.4) is 0 Å². The molecule has 4 rings (SSSR count). The van der Waals surface area contributed by atoms with Gasteiger partial charge in [0, 0.05) is 45.0 Å². The number of fused-ring (bicyclic) bond motifs is 1. The van der Waals surface area contributed by atoms with Crippen molar-refractivity contribution in [1.82, 2.24) is 19.8 Å². The predicted molar refractivity (Wildman–Crippen MR) is 108 cm³/mol. The Morgan fingerprint density at radius 2 is 2.24 bits per heavy atom. The Bertz CT molecular complexity index is 892. The van der Waals surface area contributed by atoms with Gasteiger partial charge < -0.3 is 19.5 Å². The van der Waals surface area contributed by atoms with Crippen LogP contribution in [-0.4, -0.2) is 46.0 Å². The van der Waals surface area contributed by atoms with Crippen molar-refractivity contribution in [3.05, 3.63) is 47.5 Å². The molecule has 1 aromatic carbocycles.